The standard InChI is InChI=1S/C18H40N2/c1-5-9-12-16(15-17(19)8-4)18(20,13-10-6-2)14-11-7-3/h16-17H,5-15,19-20H2,1-4H3. The molecule has 0 rings (SSSR count). The van der Waals surface area contributed by atoms with Crippen LogP contribution in [0, 0.1) is 5.92 Å². The molecule has 2 nitrogen and oxygen atoms in total. The minimum absolute atomic E-state index is 0.0218. The van der Waals surface area contributed by atoms with Gasteiger partial charge in [0.2, 0.25) is 0 Å². The number of hydrogen-bond acceptors (Lipinski definition) is 2. The fraction of sp³-hybridized carbons (Fsp3) is 1.00. The van der Waals surface area contributed by atoms with Crippen LogP contribution in [-0.4, -0.2) is 11.6 Å². The van der Waals surface area contributed by atoms with Crippen molar-refractivity contribution in [3.05, 3.63) is 0 Å². The van der Waals surface area contributed by atoms with Gasteiger partial charge in [-0.2, -0.15) is 0 Å². The Morgan fingerprint density at radius 1 is 0.850 bits per heavy atom. The van der Waals surface area contributed by atoms with Crippen molar-refractivity contribution in [2.75, 3.05) is 0 Å². The summed E-state index contributed by atoms with van der Waals surface area (Å²) in [5, 5.41) is 0. The van der Waals surface area contributed by atoms with Gasteiger partial charge in [0.1, 0.15) is 0 Å². The molecule has 2 heteroatoms. The van der Waals surface area contributed by atoms with Crippen LogP contribution in [-0.2, 0) is 0 Å². The Hall–Kier alpha value is -0.0800. The lowest BCUT2D eigenvalue weighted by Gasteiger charge is -2.39. The summed E-state index contributed by atoms with van der Waals surface area (Å²) in [7, 11) is 0. The van der Waals surface area contributed by atoms with Gasteiger partial charge >= 0.3 is 0 Å². The first kappa shape index (κ1) is 19.9. The Labute approximate surface area is 128 Å². The molecular weight excluding hydrogens is 244 g/mol. The smallest absolute Gasteiger partial charge is 0.0183 e. The molecule has 4 N–H and O–H groups in total. The first-order chi connectivity index (χ1) is 9.53. The molecule has 2 atom stereocenters. The summed E-state index contributed by atoms with van der Waals surface area (Å²) in [6, 6.07) is 0.322. The summed E-state index contributed by atoms with van der Waals surface area (Å²) in [5.74, 6) is 0.607. The molecule has 0 amide bonds. The molecule has 0 aliphatic heterocycles. The third-order valence-corrected chi connectivity index (χ3v) is 4.82. The Morgan fingerprint density at radius 2 is 1.35 bits per heavy atom. The number of hydrogen-bond donors (Lipinski definition) is 2. The molecule has 0 aromatic rings. The summed E-state index contributed by atoms with van der Waals surface area (Å²) in [4.78, 5) is 0. The SMILES string of the molecule is CCCCC(CC(N)CC)C(N)(CCCC)CCCC. The average Bonchev–Trinajstić information content (AvgIpc) is 2.46. The monoisotopic (exact) mass is 284 g/mol. The Bertz CT molecular complexity index is 207. The van der Waals surface area contributed by atoms with E-state index in [-0.39, 0.29) is 5.54 Å². The van der Waals surface area contributed by atoms with Crippen molar-refractivity contribution >= 4 is 0 Å². The molecule has 0 aliphatic carbocycles. The van der Waals surface area contributed by atoms with Crippen LogP contribution in [0.1, 0.15) is 98.3 Å². The number of nitrogens with two attached hydrogens (primary N) is 2. The largest absolute Gasteiger partial charge is 0.328 e. The van der Waals surface area contributed by atoms with Gasteiger partial charge in [-0.25, -0.2) is 0 Å². The topological polar surface area (TPSA) is 52.0 Å². The van der Waals surface area contributed by atoms with Crippen LogP contribution >= 0.6 is 0 Å². The van der Waals surface area contributed by atoms with Gasteiger partial charge in [0.15, 0.2) is 0 Å². The minimum Gasteiger partial charge on any atom is -0.328 e. The van der Waals surface area contributed by atoms with Gasteiger partial charge < -0.3 is 11.5 Å². The lowest BCUT2D eigenvalue weighted by molar-refractivity contribution is 0.187. The number of unbranched alkanes of at least 4 members (excludes halogenated alkanes) is 3. The van der Waals surface area contributed by atoms with Crippen molar-refractivity contribution in [1.29, 1.82) is 0 Å². The molecule has 2 unspecified atom stereocenters. The van der Waals surface area contributed by atoms with E-state index in [2.05, 4.69) is 27.7 Å². The Kier molecular flexibility index (Phi) is 11.5. The highest BCUT2D eigenvalue weighted by Gasteiger charge is 2.33. The molecule has 0 saturated heterocycles. The van der Waals surface area contributed by atoms with E-state index in [4.69, 9.17) is 11.5 Å². The van der Waals surface area contributed by atoms with Crippen LogP contribution < -0.4 is 11.5 Å². The number of rotatable bonds is 13. The van der Waals surface area contributed by atoms with E-state index in [0.29, 0.717) is 12.0 Å². The van der Waals surface area contributed by atoms with E-state index in [0.717, 1.165) is 12.8 Å². The van der Waals surface area contributed by atoms with Crippen LogP contribution in [0.3, 0.4) is 0 Å². The zero-order valence-corrected chi connectivity index (χ0v) is 14.6. The molecule has 20 heavy (non-hydrogen) atoms. The van der Waals surface area contributed by atoms with Crippen molar-refractivity contribution < 1.29 is 0 Å². The summed E-state index contributed by atoms with van der Waals surface area (Å²) >= 11 is 0. The summed E-state index contributed by atoms with van der Waals surface area (Å²) in [6.07, 6.45) is 13.3. The van der Waals surface area contributed by atoms with Crippen LogP contribution in [0.5, 0.6) is 0 Å². The molecule has 0 fully saturated rings. The molecule has 122 valence electrons. The third-order valence-electron chi connectivity index (χ3n) is 4.82. The second-order valence-corrected chi connectivity index (χ2v) is 6.68. The quantitative estimate of drug-likeness (QED) is 0.500. The zero-order chi connectivity index (χ0) is 15.4. The molecule has 0 radical (unpaired) electrons. The maximum atomic E-state index is 6.90. The summed E-state index contributed by atoms with van der Waals surface area (Å²) in [5.41, 5.74) is 13.2. The molecule has 0 saturated carbocycles. The van der Waals surface area contributed by atoms with Crippen molar-refractivity contribution in [2.24, 2.45) is 17.4 Å². The van der Waals surface area contributed by atoms with Crippen molar-refractivity contribution in [3.63, 3.8) is 0 Å². The zero-order valence-electron chi connectivity index (χ0n) is 14.6. The van der Waals surface area contributed by atoms with E-state index in [1.165, 1.54) is 57.8 Å². The molecule has 0 aromatic heterocycles. The fourth-order valence-corrected chi connectivity index (χ4v) is 3.17. The highest BCUT2D eigenvalue weighted by Crippen LogP contribution is 2.34. The summed E-state index contributed by atoms with van der Waals surface area (Å²) < 4.78 is 0. The molecule has 0 aromatic carbocycles. The van der Waals surface area contributed by atoms with Crippen LogP contribution in [0.25, 0.3) is 0 Å². The second-order valence-electron chi connectivity index (χ2n) is 6.68. The van der Waals surface area contributed by atoms with E-state index in [1.807, 2.05) is 0 Å². The molecular formula is C18H40N2. The van der Waals surface area contributed by atoms with Crippen LogP contribution in [0.4, 0.5) is 0 Å². The Morgan fingerprint density at radius 3 is 1.75 bits per heavy atom. The highest BCUT2D eigenvalue weighted by atomic mass is 14.8. The molecule has 0 bridgehead atoms. The summed E-state index contributed by atoms with van der Waals surface area (Å²) in [6.45, 7) is 8.99. The Balaban J connectivity index is 4.83. The fourth-order valence-electron chi connectivity index (χ4n) is 3.17. The normalized spacial score (nSPS) is 15.3. The molecule has 0 heterocycles. The predicted octanol–water partition coefficient (Wildman–Crippen LogP) is 5.00. The van der Waals surface area contributed by atoms with Crippen LogP contribution in [0.15, 0.2) is 0 Å². The van der Waals surface area contributed by atoms with E-state index >= 15 is 0 Å². The van der Waals surface area contributed by atoms with E-state index in [1.54, 1.807) is 0 Å². The van der Waals surface area contributed by atoms with Gasteiger partial charge in [0.05, 0.1) is 0 Å². The van der Waals surface area contributed by atoms with Gasteiger partial charge in [0, 0.05) is 11.6 Å². The van der Waals surface area contributed by atoms with Crippen molar-refractivity contribution in [1.82, 2.24) is 0 Å². The van der Waals surface area contributed by atoms with Gasteiger partial charge in [-0.15, -0.1) is 0 Å². The third kappa shape index (κ3) is 7.64. The van der Waals surface area contributed by atoms with Gasteiger partial charge in [-0.05, 0) is 38.0 Å². The average molecular weight is 285 g/mol. The van der Waals surface area contributed by atoms with Crippen molar-refractivity contribution in [2.45, 2.75) is 110 Å². The maximum Gasteiger partial charge on any atom is 0.0183 e. The van der Waals surface area contributed by atoms with Crippen LogP contribution in [0.2, 0.25) is 0 Å². The lowest BCUT2D eigenvalue weighted by Crippen LogP contribution is -2.49. The van der Waals surface area contributed by atoms with Gasteiger partial charge in [-0.1, -0.05) is 66.2 Å². The highest BCUT2D eigenvalue weighted by molar-refractivity contribution is 4.92. The van der Waals surface area contributed by atoms with Crippen molar-refractivity contribution in [3.8, 4) is 0 Å². The maximum absolute atomic E-state index is 6.90. The molecule has 0 aliphatic rings. The van der Waals surface area contributed by atoms with Gasteiger partial charge in [0.25, 0.3) is 0 Å². The first-order valence-corrected chi connectivity index (χ1v) is 9.08. The van der Waals surface area contributed by atoms with Gasteiger partial charge in [-0.3, -0.25) is 0 Å². The van der Waals surface area contributed by atoms with E-state index in [9.17, 15) is 0 Å². The molecule has 0 spiro atoms. The first-order valence-electron chi connectivity index (χ1n) is 9.08. The predicted molar refractivity (Wildman–Crippen MR) is 91.9 cm³/mol. The van der Waals surface area contributed by atoms with E-state index < -0.39 is 0 Å². The lowest BCUT2D eigenvalue weighted by atomic mass is 9.72. The second kappa shape index (κ2) is 11.6. The minimum atomic E-state index is 0.0218.